The van der Waals surface area contributed by atoms with Crippen LogP contribution in [0, 0.1) is 5.82 Å². The Morgan fingerprint density at radius 3 is 2.48 bits per heavy atom. The summed E-state index contributed by atoms with van der Waals surface area (Å²) in [6.45, 7) is -0.430. The molecular weight excluding hydrogens is 375 g/mol. The molecule has 0 atom stereocenters. The smallest absolute Gasteiger partial charge is 0.338 e. The molecule has 0 radical (unpaired) electrons. The minimum Gasteiger partial charge on any atom is -0.452 e. The Kier molecular flexibility index (Phi) is 5.41. The molecule has 7 nitrogen and oxygen atoms in total. The average Bonchev–Trinajstić information content (AvgIpc) is 3.45. The standard InChI is InChI=1S/C18H17FN2O5S/c19-13-4-6-15(7-5-13)21-27(24,25)16-3-1-2-12(10-16)18(23)26-11-17(22)20-14-8-9-14/h1-7,10,14,21H,8-9,11H2,(H,20,22). The predicted octanol–water partition coefficient (Wildman–Crippen LogP) is 2.06. The molecule has 2 N–H and O–H groups in total. The molecule has 2 aromatic carbocycles. The molecule has 1 saturated carbocycles. The van der Waals surface area contributed by atoms with E-state index < -0.39 is 34.3 Å². The Hall–Kier alpha value is -2.94. The lowest BCUT2D eigenvalue weighted by molar-refractivity contribution is -0.124. The third kappa shape index (κ3) is 5.27. The topological polar surface area (TPSA) is 102 Å². The summed E-state index contributed by atoms with van der Waals surface area (Å²) >= 11 is 0. The summed E-state index contributed by atoms with van der Waals surface area (Å²) in [6, 6.07) is 10.2. The second kappa shape index (κ2) is 7.75. The number of hydrogen-bond acceptors (Lipinski definition) is 5. The maximum absolute atomic E-state index is 12.9. The van der Waals surface area contributed by atoms with Gasteiger partial charge in [0.25, 0.3) is 15.9 Å². The Morgan fingerprint density at radius 1 is 1.11 bits per heavy atom. The van der Waals surface area contributed by atoms with E-state index in [4.69, 9.17) is 4.74 Å². The van der Waals surface area contributed by atoms with Crippen molar-refractivity contribution < 1.29 is 27.1 Å². The van der Waals surface area contributed by atoms with Crippen molar-refractivity contribution in [3.05, 3.63) is 59.9 Å². The first-order valence-electron chi connectivity index (χ1n) is 8.18. The van der Waals surface area contributed by atoms with Gasteiger partial charge in [-0.2, -0.15) is 0 Å². The van der Waals surface area contributed by atoms with Gasteiger partial charge in [-0.15, -0.1) is 0 Å². The van der Waals surface area contributed by atoms with Crippen molar-refractivity contribution in [3.63, 3.8) is 0 Å². The molecule has 3 rings (SSSR count). The van der Waals surface area contributed by atoms with Crippen molar-refractivity contribution in [2.45, 2.75) is 23.8 Å². The van der Waals surface area contributed by atoms with E-state index in [1.54, 1.807) is 0 Å². The third-order valence-corrected chi connectivity index (χ3v) is 5.13. The quantitative estimate of drug-likeness (QED) is 0.703. The van der Waals surface area contributed by atoms with Gasteiger partial charge in [0.15, 0.2) is 6.61 Å². The normalized spacial score (nSPS) is 13.7. The lowest BCUT2D eigenvalue weighted by atomic mass is 10.2. The molecule has 1 aliphatic rings. The third-order valence-electron chi connectivity index (χ3n) is 3.75. The van der Waals surface area contributed by atoms with E-state index >= 15 is 0 Å². The zero-order valence-electron chi connectivity index (χ0n) is 14.1. The van der Waals surface area contributed by atoms with Crippen LogP contribution in [0.15, 0.2) is 53.4 Å². The van der Waals surface area contributed by atoms with E-state index in [1.165, 1.54) is 30.3 Å². The number of hydrogen-bond donors (Lipinski definition) is 2. The number of sulfonamides is 1. The van der Waals surface area contributed by atoms with Crippen LogP contribution in [0.5, 0.6) is 0 Å². The number of rotatable bonds is 7. The van der Waals surface area contributed by atoms with Crippen LogP contribution in [-0.4, -0.2) is 32.9 Å². The van der Waals surface area contributed by atoms with Gasteiger partial charge in [-0.25, -0.2) is 17.6 Å². The monoisotopic (exact) mass is 392 g/mol. The number of nitrogens with one attached hydrogen (secondary N) is 2. The largest absolute Gasteiger partial charge is 0.452 e. The fraction of sp³-hybridized carbons (Fsp3) is 0.222. The molecule has 0 bridgehead atoms. The first kappa shape index (κ1) is 18.8. The van der Waals surface area contributed by atoms with Gasteiger partial charge in [-0.3, -0.25) is 9.52 Å². The number of carbonyl (C=O) groups is 2. The van der Waals surface area contributed by atoms with E-state index in [0.717, 1.165) is 31.0 Å². The number of halogens is 1. The lowest BCUT2D eigenvalue weighted by Crippen LogP contribution is -2.30. The zero-order chi connectivity index (χ0) is 19.4. The van der Waals surface area contributed by atoms with Gasteiger partial charge in [0, 0.05) is 11.7 Å². The molecule has 0 saturated heterocycles. The number of benzene rings is 2. The Morgan fingerprint density at radius 2 is 1.81 bits per heavy atom. The first-order chi connectivity index (χ1) is 12.8. The summed E-state index contributed by atoms with van der Waals surface area (Å²) in [6.07, 6.45) is 1.83. The summed E-state index contributed by atoms with van der Waals surface area (Å²) in [5, 5.41) is 2.68. The molecule has 0 aromatic heterocycles. The maximum atomic E-state index is 12.9. The molecule has 0 spiro atoms. The molecule has 0 heterocycles. The van der Waals surface area contributed by atoms with Crippen LogP contribution in [0.1, 0.15) is 23.2 Å². The molecular formula is C18H17FN2O5S. The molecule has 1 fully saturated rings. The second-order valence-electron chi connectivity index (χ2n) is 6.06. The van der Waals surface area contributed by atoms with Crippen LogP contribution in [0.25, 0.3) is 0 Å². The zero-order valence-corrected chi connectivity index (χ0v) is 15.0. The van der Waals surface area contributed by atoms with Crippen molar-refractivity contribution >= 4 is 27.6 Å². The number of esters is 1. The van der Waals surface area contributed by atoms with Gasteiger partial charge in [0.1, 0.15) is 5.82 Å². The minimum absolute atomic E-state index is 0.00352. The van der Waals surface area contributed by atoms with E-state index in [0.29, 0.717) is 0 Å². The SMILES string of the molecule is O=C(COC(=O)c1cccc(S(=O)(=O)Nc2ccc(F)cc2)c1)NC1CC1. The molecule has 1 aliphatic carbocycles. The van der Waals surface area contributed by atoms with Gasteiger partial charge < -0.3 is 10.1 Å². The highest BCUT2D eigenvalue weighted by atomic mass is 32.2. The van der Waals surface area contributed by atoms with E-state index in [1.807, 2.05) is 0 Å². The average molecular weight is 392 g/mol. The fourth-order valence-electron chi connectivity index (χ4n) is 2.23. The highest BCUT2D eigenvalue weighted by Gasteiger charge is 2.24. The van der Waals surface area contributed by atoms with Crippen LogP contribution in [-0.2, 0) is 19.6 Å². The molecule has 1 amide bonds. The van der Waals surface area contributed by atoms with E-state index in [-0.39, 0.29) is 22.2 Å². The van der Waals surface area contributed by atoms with Crippen molar-refractivity contribution in [3.8, 4) is 0 Å². The summed E-state index contributed by atoms with van der Waals surface area (Å²) in [4.78, 5) is 23.5. The van der Waals surface area contributed by atoms with Crippen molar-refractivity contribution in [2.24, 2.45) is 0 Å². The summed E-state index contributed by atoms with van der Waals surface area (Å²) in [5.41, 5.74) is 0.178. The van der Waals surface area contributed by atoms with Crippen molar-refractivity contribution in [1.29, 1.82) is 0 Å². The molecule has 0 unspecified atom stereocenters. The number of amides is 1. The highest BCUT2D eigenvalue weighted by molar-refractivity contribution is 7.92. The van der Waals surface area contributed by atoms with Crippen molar-refractivity contribution in [1.82, 2.24) is 5.32 Å². The van der Waals surface area contributed by atoms with Gasteiger partial charge >= 0.3 is 5.97 Å². The Labute approximate surface area is 155 Å². The fourth-order valence-corrected chi connectivity index (χ4v) is 3.34. The highest BCUT2D eigenvalue weighted by Crippen LogP contribution is 2.19. The van der Waals surface area contributed by atoms with Crippen LogP contribution in [0.4, 0.5) is 10.1 Å². The minimum atomic E-state index is -3.98. The number of anilines is 1. The van der Waals surface area contributed by atoms with Crippen LogP contribution in [0.2, 0.25) is 0 Å². The maximum Gasteiger partial charge on any atom is 0.338 e. The Balaban J connectivity index is 1.66. The predicted molar refractivity (Wildman–Crippen MR) is 95.1 cm³/mol. The first-order valence-corrected chi connectivity index (χ1v) is 9.67. The summed E-state index contributed by atoms with van der Waals surface area (Å²) in [7, 11) is -3.98. The molecule has 27 heavy (non-hydrogen) atoms. The van der Waals surface area contributed by atoms with Crippen LogP contribution >= 0.6 is 0 Å². The van der Waals surface area contributed by atoms with E-state index in [9.17, 15) is 22.4 Å². The van der Waals surface area contributed by atoms with Gasteiger partial charge in [0.2, 0.25) is 0 Å². The molecule has 0 aliphatic heterocycles. The second-order valence-corrected chi connectivity index (χ2v) is 7.74. The lowest BCUT2D eigenvalue weighted by Gasteiger charge is -2.10. The molecule has 142 valence electrons. The molecule has 2 aromatic rings. The molecule has 9 heteroatoms. The summed E-state index contributed by atoms with van der Waals surface area (Å²) in [5.74, 6) is -1.69. The van der Waals surface area contributed by atoms with Crippen LogP contribution in [0.3, 0.4) is 0 Å². The van der Waals surface area contributed by atoms with Crippen LogP contribution < -0.4 is 10.0 Å². The number of carbonyl (C=O) groups excluding carboxylic acids is 2. The summed E-state index contributed by atoms with van der Waals surface area (Å²) < 4.78 is 45.0. The number of ether oxygens (including phenoxy) is 1. The van der Waals surface area contributed by atoms with Gasteiger partial charge in [-0.05, 0) is 55.3 Å². The van der Waals surface area contributed by atoms with Gasteiger partial charge in [-0.1, -0.05) is 6.07 Å². The van der Waals surface area contributed by atoms with Crippen molar-refractivity contribution in [2.75, 3.05) is 11.3 Å². The van der Waals surface area contributed by atoms with Gasteiger partial charge in [0.05, 0.1) is 10.5 Å². The Bertz CT molecular complexity index is 956. The van der Waals surface area contributed by atoms with E-state index in [2.05, 4.69) is 10.0 Å².